The fourth-order valence-corrected chi connectivity index (χ4v) is 2.81. The number of aliphatic hydroxyl groups excluding tert-OH is 1. The minimum absolute atomic E-state index is 0.0432. The normalized spacial score (nSPS) is 19.6. The maximum Gasteiger partial charge on any atom is 0.209 e. The van der Waals surface area contributed by atoms with Gasteiger partial charge in [-0.25, -0.2) is 4.68 Å². The zero-order valence-corrected chi connectivity index (χ0v) is 11.0. The molecule has 17 heavy (non-hydrogen) atoms. The molecule has 6 nitrogen and oxygen atoms in total. The lowest BCUT2D eigenvalue weighted by atomic mass is 10.0. The zero-order chi connectivity index (χ0) is 12.4. The molecule has 1 aliphatic rings. The standard InChI is InChI=1S/C10H19N5OS/c1-6(2)9(11)8(5-16)17-10-12-13-14-15(10)7-3-4-7/h6-9,16H,3-5,11H2,1-2H3. The van der Waals surface area contributed by atoms with Crippen LogP contribution in [0.3, 0.4) is 0 Å². The summed E-state index contributed by atoms with van der Waals surface area (Å²) >= 11 is 1.48. The van der Waals surface area contributed by atoms with Crippen molar-refractivity contribution in [1.82, 2.24) is 20.2 Å². The Labute approximate surface area is 105 Å². The van der Waals surface area contributed by atoms with Crippen molar-refractivity contribution >= 4 is 11.8 Å². The first kappa shape index (κ1) is 12.8. The molecular formula is C10H19N5OS. The summed E-state index contributed by atoms with van der Waals surface area (Å²) in [5, 5.41) is 21.8. The number of thioether (sulfide) groups is 1. The predicted octanol–water partition coefficient (Wildman–Crippen LogP) is 0.444. The number of aliphatic hydroxyl groups is 1. The van der Waals surface area contributed by atoms with Gasteiger partial charge in [0.2, 0.25) is 5.16 Å². The monoisotopic (exact) mass is 257 g/mol. The molecule has 1 aromatic rings. The molecule has 1 fully saturated rings. The van der Waals surface area contributed by atoms with Crippen molar-refractivity contribution in [3.63, 3.8) is 0 Å². The quantitative estimate of drug-likeness (QED) is 0.719. The van der Waals surface area contributed by atoms with Gasteiger partial charge in [0.15, 0.2) is 0 Å². The van der Waals surface area contributed by atoms with Gasteiger partial charge >= 0.3 is 0 Å². The fraction of sp³-hybridized carbons (Fsp3) is 0.900. The van der Waals surface area contributed by atoms with Crippen LogP contribution in [-0.4, -0.2) is 43.2 Å². The van der Waals surface area contributed by atoms with Crippen molar-refractivity contribution in [3.8, 4) is 0 Å². The summed E-state index contributed by atoms with van der Waals surface area (Å²) in [4.78, 5) is 0. The molecule has 1 saturated carbocycles. The number of tetrazole rings is 1. The summed E-state index contributed by atoms with van der Waals surface area (Å²) in [5.41, 5.74) is 6.07. The van der Waals surface area contributed by atoms with E-state index in [-0.39, 0.29) is 17.9 Å². The zero-order valence-electron chi connectivity index (χ0n) is 10.2. The van der Waals surface area contributed by atoms with Crippen LogP contribution in [0.25, 0.3) is 0 Å². The SMILES string of the molecule is CC(C)C(N)C(CO)Sc1nnnn1C1CC1. The molecule has 0 aromatic carbocycles. The van der Waals surface area contributed by atoms with E-state index >= 15 is 0 Å². The summed E-state index contributed by atoms with van der Waals surface area (Å²) in [6.45, 7) is 4.15. The van der Waals surface area contributed by atoms with Crippen molar-refractivity contribution in [1.29, 1.82) is 0 Å². The second kappa shape index (κ2) is 5.32. The van der Waals surface area contributed by atoms with E-state index in [1.165, 1.54) is 11.8 Å². The summed E-state index contributed by atoms with van der Waals surface area (Å²) in [7, 11) is 0. The maximum atomic E-state index is 9.41. The van der Waals surface area contributed by atoms with E-state index in [9.17, 15) is 5.11 Å². The van der Waals surface area contributed by atoms with Gasteiger partial charge in [-0.3, -0.25) is 0 Å². The second-order valence-corrected chi connectivity index (χ2v) is 6.00. The predicted molar refractivity (Wildman–Crippen MR) is 65.6 cm³/mol. The minimum Gasteiger partial charge on any atom is -0.395 e. The van der Waals surface area contributed by atoms with Gasteiger partial charge in [0.25, 0.3) is 0 Å². The molecule has 2 atom stereocenters. The van der Waals surface area contributed by atoms with Gasteiger partial charge in [0, 0.05) is 6.04 Å². The lowest BCUT2D eigenvalue weighted by Gasteiger charge is -2.23. The third kappa shape index (κ3) is 2.97. The number of nitrogens with two attached hydrogens (primary N) is 1. The lowest BCUT2D eigenvalue weighted by molar-refractivity contribution is 0.269. The van der Waals surface area contributed by atoms with Gasteiger partial charge in [-0.2, -0.15) is 0 Å². The Balaban J connectivity index is 2.04. The lowest BCUT2D eigenvalue weighted by Crippen LogP contribution is -2.39. The van der Waals surface area contributed by atoms with Crippen LogP contribution in [0.1, 0.15) is 32.7 Å². The molecule has 0 bridgehead atoms. The smallest absolute Gasteiger partial charge is 0.209 e. The van der Waals surface area contributed by atoms with Crippen molar-refractivity contribution < 1.29 is 5.11 Å². The molecule has 1 aromatic heterocycles. The molecule has 1 heterocycles. The maximum absolute atomic E-state index is 9.41. The topological polar surface area (TPSA) is 89.8 Å². The van der Waals surface area contributed by atoms with Crippen LogP contribution in [0.4, 0.5) is 0 Å². The summed E-state index contributed by atoms with van der Waals surface area (Å²) in [6.07, 6.45) is 2.28. The summed E-state index contributed by atoms with van der Waals surface area (Å²) < 4.78 is 1.85. The highest BCUT2D eigenvalue weighted by Gasteiger charge is 2.30. The van der Waals surface area contributed by atoms with Gasteiger partial charge in [0.1, 0.15) is 0 Å². The highest BCUT2D eigenvalue weighted by molar-refractivity contribution is 7.99. The Morgan fingerprint density at radius 1 is 1.53 bits per heavy atom. The molecule has 2 unspecified atom stereocenters. The van der Waals surface area contributed by atoms with Crippen LogP contribution in [0.15, 0.2) is 5.16 Å². The van der Waals surface area contributed by atoms with Gasteiger partial charge in [0.05, 0.1) is 17.9 Å². The van der Waals surface area contributed by atoms with E-state index in [1.54, 1.807) is 0 Å². The Bertz CT molecular complexity index is 365. The third-order valence-corrected chi connectivity index (χ3v) is 4.24. The van der Waals surface area contributed by atoms with Crippen LogP contribution < -0.4 is 5.73 Å². The molecule has 7 heteroatoms. The van der Waals surface area contributed by atoms with E-state index in [0.717, 1.165) is 18.0 Å². The van der Waals surface area contributed by atoms with Gasteiger partial charge in [-0.15, -0.1) is 5.10 Å². The van der Waals surface area contributed by atoms with Gasteiger partial charge < -0.3 is 10.8 Å². The first-order valence-electron chi connectivity index (χ1n) is 5.94. The molecule has 2 rings (SSSR count). The summed E-state index contributed by atoms with van der Waals surface area (Å²) in [5.74, 6) is 0.324. The second-order valence-electron chi connectivity index (χ2n) is 4.80. The number of aromatic nitrogens is 4. The molecular weight excluding hydrogens is 238 g/mol. The average Bonchev–Trinajstić information content (AvgIpc) is 3.05. The molecule has 0 amide bonds. The highest BCUT2D eigenvalue weighted by Crippen LogP contribution is 2.37. The first-order valence-corrected chi connectivity index (χ1v) is 6.82. The van der Waals surface area contributed by atoms with Crippen LogP contribution in [0.2, 0.25) is 0 Å². The molecule has 0 aliphatic heterocycles. The number of hydrogen-bond donors (Lipinski definition) is 2. The highest BCUT2D eigenvalue weighted by atomic mass is 32.2. The summed E-state index contributed by atoms with van der Waals surface area (Å²) in [6, 6.07) is 0.386. The number of hydrogen-bond acceptors (Lipinski definition) is 6. The van der Waals surface area contributed by atoms with Gasteiger partial charge in [-0.1, -0.05) is 25.6 Å². The Kier molecular flexibility index (Phi) is 4.01. The molecule has 3 N–H and O–H groups in total. The van der Waals surface area contributed by atoms with E-state index in [2.05, 4.69) is 29.4 Å². The molecule has 1 aliphatic carbocycles. The van der Waals surface area contributed by atoms with Crippen LogP contribution >= 0.6 is 11.8 Å². The first-order chi connectivity index (χ1) is 8.13. The number of nitrogens with zero attached hydrogens (tertiary/aromatic N) is 4. The Morgan fingerprint density at radius 3 is 2.76 bits per heavy atom. The van der Waals surface area contributed by atoms with Crippen LogP contribution in [-0.2, 0) is 0 Å². The van der Waals surface area contributed by atoms with E-state index in [0.29, 0.717) is 12.0 Å². The molecule has 0 saturated heterocycles. The average molecular weight is 257 g/mol. The van der Waals surface area contributed by atoms with Gasteiger partial charge in [-0.05, 0) is 29.2 Å². The Hall–Kier alpha value is -0.660. The Morgan fingerprint density at radius 2 is 2.24 bits per heavy atom. The van der Waals surface area contributed by atoms with Crippen LogP contribution in [0.5, 0.6) is 0 Å². The molecule has 0 radical (unpaired) electrons. The van der Waals surface area contributed by atoms with Crippen molar-refractivity contribution in [2.45, 2.75) is 49.2 Å². The van der Waals surface area contributed by atoms with E-state index < -0.39 is 0 Å². The third-order valence-electron chi connectivity index (χ3n) is 2.99. The number of rotatable bonds is 6. The molecule has 96 valence electrons. The van der Waals surface area contributed by atoms with E-state index in [1.807, 2.05) is 4.68 Å². The largest absolute Gasteiger partial charge is 0.395 e. The van der Waals surface area contributed by atoms with Crippen molar-refractivity contribution in [2.24, 2.45) is 11.7 Å². The van der Waals surface area contributed by atoms with Crippen LogP contribution in [0, 0.1) is 5.92 Å². The van der Waals surface area contributed by atoms with Crippen molar-refractivity contribution in [2.75, 3.05) is 6.61 Å². The molecule has 0 spiro atoms. The fourth-order valence-electron chi connectivity index (χ4n) is 1.61. The minimum atomic E-state index is -0.0608. The van der Waals surface area contributed by atoms with Crippen molar-refractivity contribution in [3.05, 3.63) is 0 Å². The van der Waals surface area contributed by atoms with E-state index in [4.69, 9.17) is 5.73 Å².